The van der Waals surface area contributed by atoms with Gasteiger partial charge in [-0.15, -0.1) is 0 Å². The molecule has 2 aliphatic heterocycles. The monoisotopic (exact) mass is 710 g/mol. The minimum atomic E-state index is -1.82. The van der Waals surface area contributed by atoms with Gasteiger partial charge in [0.2, 0.25) is 0 Å². The number of hydrogen-bond acceptors (Lipinski definition) is 12. The zero-order valence-electron chi connectivity index (χ0n) is 29.8. The Morgan fingerprint density at radius 3 is 1.69 bits per heavy atom. The summed E-state index contributed by atoms with van der Waals surface area (Å²) in [6.07, 6.45) is -8.82. The van der Waals surface area contributed by atoms with Crippen LogP contribution < -0.4 is 0 Å². The van der Waals surface area contributed by atoms with E-state index >= 15 is 0 Å². The second kappa shape index (κ2) is 19.0. The molecule has 0 radical (unpaired) electrons. The molecule has 4 unspecified atom stereocenters. The van der Waals surface area contributed by atoms with Crippen LogP contribution in [-0.4, -0.2) is 107 Å². The van der Waals surface area contributed by atoms with Crippen LogP contribution in [-0.2, 0) is 72.0 Å². The van der Waals surface area contributed by atoms with Crippen molar-refractivity contribution in [2.75, 3.05) is 35.0 Å². The Morgan fingerprint density at radius 2 is 1.20 bits per heavy atom. The minimum Gasteiger partial charge on any atom is -0.467 e. The van der Waals surface area contributed by atoms with Gasteiger partial charge in [-0.3, -0.25) is 0 Å². The second-order valence-electron chi connectivity index (χ2n) is 12.5. The fourth-order valence-corrected chi connectivity index (χ4v) is 6.62. The maximum absolute atomic E-state index is 13.3. The molecule has 0 aromatic heterocycles. The summed E-state index contributed by atoms with van der Waals surface area (Å²) in [4.78, 5) is 13.3. The van der Waals surface area contributed by atoms with Crippen LogP contribution in [0.2, 0.25) is 0 Å². The SMILES string of the molecule is CCC1(C(=O)OC)O[C@@H](O[C@@H]2C(COCc3ccccc3)O[C@H](OC)C(OCc3ccccc3)[C@H]2OCc2ccccc2)C(OC)[C@@H](OC)[C@@H]1O. The molecule has 2 heterocycles. The number of esters is 1. The zero-order chi connectivity index (χ0) is 36.2. The Labute approximate surface area is 299 Å². The number of aliphatic hydroxyl groups is 1. The highest BCUT2D eigenvalue weighted by Gasteiger charge is 2.61. The lowest BCUT2D eigenvalue weighted by molar-refractivity contribution is -0.379. The highest BCUT2D eigenvalue weighted by Crippen LogP contribution is 2.39. The van der Waals surface area contributed by atoms with Gasteiger partial charge in [-0.1, -0.05) is 97.9 Å². The number of hydrogen-bond donors (Lipinski definition) is 1. The lowest BCUT2D eigenvalue weighted by Gasteiger charge is -2.51. The van der Waals surface area contributed by atoms with Crippen LogP contribution in [0.15, 0.2) is 91.0 Å². The van der Waals surface area contributed by atoms with E-state index in [-0.39, 0.29) is 26.2 Å². The molecule has 3 aromatic rings. The number of carbonyl (C=O) groups excluding carboxylic acids is 1. The molecule has 3 aromatic carbocycles. The van der Waals surface area contributed by atoms with Crippen molar-refractivity contribution in [3.63, 3.8) is 0 Å². The summed E-state index contributed by atoms with van der Waals surface area (Å²) < 4.78 is 61.8. The molecule has 0 amide bonds. The summed E-state index contributed by atoms with van der Waals surface area (Å²) in [5.74, 6) is -0.772. The number of carbonyl (C=O) groups is 1. The van der Waals surface area contributed by atoms with Crippen molar-refractivity contribution in [1.29, 1.82) is 0 Å². The van der Waals surface area contributed by atoms with Gasteiger partial charge in [-0.05, 0) is 23.1 Å². The molecule has 12 nitrogen and oxygen atoms in total. The minimum absolute atomic E-state index is 0.0598. The lowest BCUT2D eigenvalue weighted by Crippen LogP contribution is -2.70. The predicted molar refractivity (Wildman–Crippen MR) is 184 cm³/mol. The van der Waals surface area contributed by atoms with Gasteiger partial charge >= 0.3 is 5.97 Å². The van der Waals surface area contributed by atoms with E-state index in [4.69, 9.17) is 47.4 Å². The highest BCUT2D eigenvalue weighted by molar-refractivity contribution is 5.80. The zero-order valence-corrected chi connectivity index (χ0v) is 29.8. The quantitative estimate of drug-likeness (QED) is 0.202. The van der Waals surface area contributed by atoms with E-state index in [1.807, 2.05) is 91.0 Å². The van der Waals surface area contributed by atoms with E-state index in [0.717, 1.165) is 16.7 Å². The predicted octanol–water partition coefficient (Wildman–Crippen LogP) is 4.20. The first-order valence-electron chi connectivity index (χ1n) is 17.1. The van der Waals surface area contributed by atoms with Crippen LogP contribution >= 0.6 is 0 Å². The molecule has 10 atom stereocenters. The Morgan fingerprint density at radius 1 is 0.667 bits per heavy atom. The number of rotatable bonds is 17. The topological polar surface area (TPSA) is 130 Å². The number of methoxy groups -OCH3 is 4. The summed E-state index contributed by atoms with van der Waals surface area (Å²) >= 11 is 0. The van der Waals surface area contributed by atoms with Gasteiger partial charge in [-0.25, -0.2) is 4.79 Å². The summed E-state index contributed by atoms with van der Waals surface area (Å²) in [5.41, 5.74) is 1.03. The van der Waals surface area contributed by atoms with Gasteiger partial charge in [0.1, 0.15) is 42.7 Å². The molecule has 2 fully saturated rings. The smallest absolute Gasteiger partial charge is 0.341 e. The third-order valence-corrected chi connectivity index (χ3v) is 9.39. The van der Waals surface area contributed by atoms with Gasteiger partial charge in [0, 0.05) is 21.3 Å². The summed E-state index contributed by atoms with van der Waals surface area (Å²) in [7, 11) is 5.65. The molecule has 2 saturated heterocycles. The van der Waals surface area contributed by atoms with Crippen LogP contribution in [0.3, 0.4) is 0 Å². The van der Waals surface area contributed by atoms with Crippen LogP contribution in [0.4, 0.5) is 0 Å². The Balaban J connectivity index is 1.52. The Hall–Kier alpha value is -3.27. The van der Waals surface area contributed by atoms with Gasteiger partial charge in [0.25, 0.3) is 0 Å². The van der Waals surface area contributed by atoms with Crippen molar-refractivity contribution in [1.82, 2.24) is 0 Å². The van der Waals surface area contributed by atoms with E-state index in [1.54, 1.807) is 14.0 Å². The van der Waals surface area contributed by atoms with Gasteiger partial charge in [0.05, 0.1) is 33.5 Å². The Kier molecular flexibility index (Phi) is 14.5. The summed E-state index contributed by atoms with van der Waals surface area (Å²) in [6, 6.07) is 29.2. The summed E-state index contributed by atoms with van der Waals surface area (Å²) in [5, 5.41) is 11.4. The molecule has 5 rings (SSSR count). The maximum Gasteiger partial charge on any atom is 0.341 e. The van der Waals surface area contributed by atoms with Crippen molar-refractivity contribution in [2.24, 2.45) is 0 Å². The molecular formula is C39H50O12. The van der Waals surface area contributed by atoms with Crippen molar-refractivity contribution < 1.29 is 57.3 Å². The maximum atomic E-state index is 13.3. The molecule has 0 saturated carbocycles. The molecule has 0 bridgehead atoms. The fourth-order valence-electron chi connectivity index (χ4n) is 6.62. The fraction of sp³-hybridized carbons (Fsp3) is 0.513. The first-order chi connectivity index (χ1) is 24.9. The molecule has 12 heteroatoms. The van der Waals surface area contributed by atoms with E-state index in [1.165, 1.54) is 21.3 Å². The average Bonchev–Trinajstić information content (AvgIpc) is 3.18. The summed E-state index contributed by atoms with van der Waals surface area (Å²) in [6.45, 7) is 2.55. The first-order valence-corrected chi connectivity index (χ1v) is 17.1. The van der Waals surface area contributed by atoms with Crippen molar-refractivity contribution in [3.05, 3.63) is 108 Å². The number of ether oxygens (including phenoxy) is 10. The van der Waals surface area contributed by atoms with E-state index in [2.05, 4.69) is 0 Å². The van der Waals surface area contributed by atoms with Gasteiger partial charge < -0.3 is 52.5 Å². The molecule has 51 heavy (non-hydrogen) atoms. The highest BCUT2D eigenvalue weighted by atomic mass is 16.8. The third-order valence-electron chi connectivity index (χ3n) is 9.39. The second-order valence-corrected chi connectivity index (χ2v) is 12.5. The van der Waals surface area contributed by atoms with Crippen molar-refractivity contribution in [2.45, 2.75) is 94.1 Å². The van der Waals surface area contributed by atoms with E-state index < -0.39 is 66.9 Å². The molecule has 0 aliphatic carbocycles. The van der Waals surface area contributed by atoms with Gasteiger partial charge in [0.15, 0.2) is 18.2 Å². The van der Waals surface area contributed by atoms with Crippen LogP contribution in [0.5, 0.6) is 0 Å². The largest absolute Gasteiger partial charge is 0.467 e. The average molecular weight is 711 g/mol. The lowest BCUT2D eigenvalue weighted by atomic mass is 9.84. The molecule has 2 aliphatic rings. The number of aliphatic hydroxyl groups excluding tert-OH is 1. The van der Waals surface area contributed by atoms with Gasteiger partial charge in [-0.2, -0.15) is 0 Å². The van der Waals surface area contributed by atoms with Crippen LogP contribution in [0.25, 0.3) is 0 Å². The molecular weight excluding hydrogens is 660 g/mol. The third kappa shape index (κ3) is 9.21. The molecule has 1 N–H and O–H groups in total. The molecule has 278 valence electrons. The Bertz CT molecular complexity index is 1450. The normalized spacial score (nSPS) is 30.9. The van der Waals surface area contributed by atoms with Crippen molar-refractivity contribution >= 4 is 5.97 Å². The standard InChI is InChI=1S/C39H50O12/c1-6-39(38(41)45-5)35(40)32(42-2)33(43-3)37(51-39)50-30-29(25-46-22-26-16-10-7-11-17-26)49-36(44-4)34(48-24-28-20-14-9-15-21-28)31(30)47-23-27-18-12-8-13-19-27/h7-21,29-37,40H,6,22-25H2,1-5H3/t29?,30-,31+,32-,33?,34?,35+,36+,37-,39?/m1/s1. The van der Waals surface area contributed by atoms with Crippen molar-refractivity contribution in [3.8, 4) is 0 Å². The molecule has 0 spiro atoms. The number of benzene rings is 3. The van der Waals surface area contributed by atoms with Crippen LogP contribution in [0, 0.1) is 0 Å². The van der Waals surface area contributed by atoms with E-state index in [0.29, 0.717) is 6.61 Å². The first kappa shape index (κ1) is 38.9. The van der Waals surface area contributed by atoms with E-state index in [9.17, 15) is 9.90 Å². The van der Waals surface area contributed by atoms with Crippen LogP contribution in [0.1, 0.15) is 30.0 Å².